The number of hydrogen-bond donors (Lipinski definition) is 1. The molecular weight excluding hydrogens is 265 g/mol. The predicted molar refractivity (Wildman–Crippen MR) is 84.7 cm³/mol. The number of halogens is 1. The molecule has 1 unspecified atom stereocenters. The van der Waals surface area contributed by atoms with E-state index in [0.717, 1.165) is 31.2 Å². The van der Waals surface area contributed by atoms with E-state index in [2.05, 4.69) is 27.3 Å². The molecule has 2 aliphatic heterocycles. The Morgan fingerprint density at radius 3 is 2.67 bits per heavy atom. The first-order valence-electron chi connectivity index (χ1n) is 7.90. The summed E-state index contributed by atoms with van der Waals surface area (Å²) in [4.78, 5) is 5.13. The number of hydrogen-bond acceptors (Lipinski definition) is 3. The van der Waals surface area contributed by atoms with Crippen LogP contribution >= 0.6 is 0 Å². The molecule has 2 heterocycles. The van der Waals surface area contributed by atoms with Crippen molar-refractivity contribution in [3.63, 3.8) is 0 Å². The van der Waals surface area contributed by atoms with Crippen LogP contribution in [-0.4, -0.2) is 61.7 Å². The van der Waals surface area contributed by atoms with Crippen molar-refractivity contribution in [2.45, 2.75) is 12.5 Å². The Kier molecular flexibility index (Phi) is 5.01. The lowest BCUT2D eigenvalue weighted by Crippen LogP contribution is -2.49. The largest absolute Gasteiger partial charge is 0.314 e. The Labute approximate surface area is 126 Å². The van der Waals surface area contributed by atoms with Crippen LogP contribution in [0.3, 0.4) is 0 Å². The monoisotopic (exact) mass is 289 g/mol. The van der Waals surface area contributed by atoms with Crippen LogP contribution in [0.2, 0.25) is 0 Å². The second-order valence-electron chi connectivity index (χ2n) is 5.94. The quantitative estimate of drug-likeness (QED) is 0.912. The third-order valence-electron chi connectivity index (χ3n) is 4.46. The molecular formula is C17H24FN3. The topological polar surface area (TPSA) is 18.5 Å². The van der Waals surface area contributed by atoms with E-state index in [4.69, 9.17) is 0 Å². The number of nitrogens with one attached hydrogen (secondary N) is 1. The summed E-state index contributed by atoms with van der Waals surface area (Å²) in [7, 11) is 0. The van der Waals surface area contributed by atoms with Crippen LogP contribution in [0.1, 0.15) is 12.0 Å². The van der Waals surface area contributed by atoms with Crippen molar-refractivity contribution >= 4 is 6.08 Å². The maximum Gasteiger partial charge on any atom is 0.123 e. The Morgan fingerprint density at radius 2 is 1.90 bits per heavy atom. The van der Waals surface area contributed by atoms with E-state index in [-0.39, 0.29) is 5.82 Å². The van der Waals surface area contributed by atoms with Gasteiger partial charge in [0, 0.05) is 51.9 Å². The van der Waals surface area contributed by atoms with E-state index in [0.29, 0.717) is 0 Å². The highest BCUT2D eigenvalue weighted by Crippen LogP contribution is 2.16. The number of benzene rings is 1. The van der Waals surface area contributed by atoms with Crippen LogP contribution in [0, 0.1) is 5.82 Å². The molecule has 4 heteroatoms. The van der Waals surface area contributed by atoms with E-state index in [1.807, 2.05) is 12.1 Å². The molecule has 3 rings (SSSR count). The zero-order valence-corrected chi connectivity index (χ0v) is 12.5. The molecule has 1 aromatic carbocycles. The summed E-state index contributed by atoms with van der Waals surface area (Å²) in [6, 6.07) is 7.39. The number of piperazine rings is 1. The highest BCUT2D eigenvalue weighted by atomic mass is 19.1. The molecule has 1 atom stereocenters. The van der Waals surface area contributed by atoms with Crippen molar-refractivity contribution in [2.75, 3.05) is 45.8 Å². The normalized spacial score (nSPS) is 24.9. The maximum absolute atomic E-state index is 12.8. The van der Waals surface area contributed by atoms with Crippen molar-refractivity contribution in [1.82, 2.24) is 15.1 Å². The van der Waals surface area contributed by atoms with Crippen molar-refractivity contribution in [3.8, 4) is 0 Å². The third-order valence-corrected chi connectivity index (χ3v) is 4.46. The summed E-state index contributed by atoms with van der Waals surface area (Å²) >= 11 is 0. The van der Waals surface area contributed by atoms with Crippen LogP contribution in [-0.2, 0) is 0 Å². The van der Waals surface area contributed by atoms with Gasteiger partial charge in [-0.2, -0.15) is 0 Å². The summed E-state index contributed by atoms with van der Waals surface area (Å²) in [6.07, 6.45) is 5.55. The first-order chi connectivity index (χ1) is 10.3. The van der Waals surface area contributed by atoms with Gasteiger partial charge in [-0.25, -0.2) is 4.39 Å². The fourth-order valence-corrected chi connectivity index (χ4v) is 3.24. The van der Waals surface area contributed by atoms with E-state index in [9.17, 15) is 4.39 Å². The molecule has 1 aromatic rings. The lowest BCUT2D eigenvalue weighted by atomic mass is 10.2. The van der Waals surface area contributed by atoms with Gasteiger partial charge in [0.1, 0.15) is 5.82 Å². The third kappa shape index (κ3) is 4.13. The Bertz CT molecular complexity index is 465. The zero-order chi connectivity index (χ0) is 14.5. The van der Waals surface area contributed by atoms with Crippen LogP contribution < -0.4 is 5.32 Å². The maximum atomic E-state index is 12.8. The number of likely N-dealkylation sites (tertiary alicyclic amines) is 1. The molecule has 0 spiro atoms. The van der Waals surface area contributed by atoms with Crippen LogP contribution in [0.4, 0.5) is 4.39 Å². The standard InChI is InChI=1S/C17H24FN3/c18-16-5-3-15(4-6-16)2-1-10-20-11-7-17(14-20)21-12-8-19-9-13-21/h1-6,17,19H,7-14H2/b2-1+. The van der Waals surface area contributed by atoms with Crippen LogP contribution in [0.25, 0.3) is 6.08 Å². The lowest BCUT2D eigenvalue weighted by Gasteiger charge is -2.32. The molecule has 0 radical (unpaired) electrons. The van der Waals surface area contributed by atoms with E-state index in [1.165, 1.54) is 44.7 Å². The van der Waals surface area contributed by atoms with Crippen molar-refractivity contribution in [3.05, 3.63) is 41.7 Å². The van der Waals surface area contributed by atoms with Crippen molar-refractivity contribution < 1.29 is 4.39 Å². The highest BCUT2D eigenvalue weighted by Gasteiger charge is 2.27. The summed E-state index contributed by atoms with van der Waals surface area (Å²) in [5.74, 6) is -0.175. The molecule has 0 bridgehead atoms. The van der Waals surface area contributed by atoms with Gasteiger partial charge in [0.25, 0.3) is 0 Å². The lowest BCUT2D eigenvalue weighted by molar-refractivity contribution is 0.173. The van der Waals surface area contributed by atoms with Gasteiger partial charge in [0.2, 0.25) is 0 Å². The molecule has 0 aromatic heterocycles. The van der Waals surface area contributed by atoms with Gasteiger partial charge < -0.3 is 5.32 Å². The average Bonchev–Trinajstić information content (AvgIpc) is 2.99. The molecule has 0 aliphatic carbocycles. The smallest absolute Gasteiger partial charge is 0.123 e. The second-order valence-corrected chi connectivity index (χ2v) is 5.94. The average molecular weight is 289 g/mol. The molecule has 2 saturated heterocycles. The summed E-state index contributed by atoms with van der Waals surface area (Å²) in [6.45, 7) is 7.96. The minimum atomic E-state index is -0.175. The zero-order valence-electron chi connectivity index (χ0n) is 12.5. The van der Waals surface area contributed by atoms with E-state index >= 15 is 0 Å². The molecule has 21 heavy (non-hydrogen) atoms. The minimum absolute atomic E-state index is 0.175. The van der Waals surface area contributed by atoms with Crippen molar-refractivity contribution in [2.24, 2.45) is 0 Å². The molecule has 2 fully saturated rings. The highest BCUT2D eigenvalue weighted by molar-refractivity contribution is 5.48. The Hall–Kier alpha value is -1.23. The molecule has 0 saturated carbocycles. The van der Waals surface area contributed by atoms with Gasteiger partial charge in [-0.1, -0.05) is 24.3 Å². The Morgan fingerprint density at radius 1 is 1.14 bits per heavy atom. The van der Waals surface area contributed by atoms with Gasteiger partial charge in [-0.05, 0) is 24.1 Å². The fourth-order valence-electron chi connectivity index (χ4n) is 3.24. The molecule has 2 aliphatic rings. The predicted octanol–water partition coefficient (Wildman–Crippen LogP) is 1.82. The van der Waals surface area contributed by atoms with Gasteiger partial charge in [0.05, 0.1) is 0 Å². The molecule has 1 N–H and O–H groups in total. The minimum Gasteiger partial charge on any atom is -0.314 e. The van der Waals surface area contributed by atoms with Gasteiger partial charge >= 0.3 is 0 Å². The molecule has 3 nitrogen and oxygen atoms in total. The van der Waals surface area contributed by atoms with Gasteiger partial charge in [-0.15, -0.1) is 0 Å². The first-order valence-corrected chi connectivity index (χ1v) is 7.90. The van der Waals surface area contributed by atoms with Crippen LogP contribution in [0.5, 0.6) is 0 Å². The fraction of sp³-hybridized carbons (Fsp3) is 0.529. The number of rotatable bonds is 4. The molecule has 0 amide bonds. The van der Waals surface area contributed by atoms with Crippen LogP contribution in [0.15, 0.2) is 30.3 Å². The van der Waals surface area contributed by atoms with E-state index in [1.54, 1.807) is 0 Å². The van der Waals surface area contributed by atoms with Gasteiger partial charge in [-0.3, -0.25) is 9.80 Å². The summed E-state index contributed by atoms with van der Waals surface area (Å²) in [5, 5.41) is 3.41. The summed E-state index contributed by atoms with van der Waals surface area (Å²) < 4.78 is 12.8. The summed E-state index contributed by atoms with van der Waals surface area (Å²) in [5.41, 5.74) is 1.06. The van der Waals surface area contributed by atoms with Crippen molar-refractivity contribution in [1.29, 1.82) is 0 Å². The SMILES string of the molecule is Fc1ccc(/C=C/CN2CCC(N3CCNCC3)C2)cc1. The van der Waals surface area contributed by atoms with E-state index < -0.39 is 0 Å². The number of nitrogens with zero attached hydrogens (tertiary/aromatic N) is 2. The first kappa shape index (κ1) is 14.7. The molecule has 114 valence electrons. The van der Waals surface area contributed by atoms with Gasteiger partial charge in [0.15, 0.2) is 0 Å². The Balaban J connectivity index is 1.45. The second kappa shape index (κ2) is 7.16.